The topological polar surface area (TPSA) is 96.3 Å². The van der Waals surface area contributed by atoms with Gasteiger partial charge >= 0.3 is 0 Å². The number of nitrogens with zero attached hydrogens (tertiary/aromatic N) is 3. The Hall–Kier alpha value is -4.20. The van der Waals surface area contributed by atoms with E-state index in [1.54, 1.807) is 65.3 Å². The first kappa shape index (κ1) is 23.9. The van der Waals surface area contributed by atoms with E-state index in [0.717, 1.165) is 5.56 Å². The van der Waals surface area contributed by atoms with Gasteiger partial charge in [-0.2, -0.15) is 5.10 Å². The van der Waals surface area contributed by atoms with Crippen molar-refractivity contribution >= 4 is 35.2 Å². The Morgan fingerprint density at radius 1 is 0.971 bits per heavy atom. The van der Waals surface area contributed by atoms with Gasteiger partial charge in [-0.25, -0.2) is 0 Å². The molecule has 35 heavy (non-hydrogen) atoms. The molecular formula is C27H29N5O3. The fourth-order valence-corrected chi connectivity index (χ4v) is 3.99. The molecule has 3 amide bonds. The van der Waals surface area contributed by atoms with Gasteiger partial charge < -0.3 is 15.5 Å². The molecule has 3 aromatic rings. The van der Waals surface area contributed by atoms with E-state index in [1.807, 2.05) is 36.4 Å². The standard InChI is InChI=1S/C27H29N5O3/c1-20(32-16-6-15-28-32)26(34)29-23-9-5-10-24(19-23)30-27(35)22-13-17-31(18-14-22)25(33)12-11-21-7-3-2-4-8-21/h2-12,15-16,19-20,22H,13-14,17-18H2,1H3,(H,29,34)(H,30,35)/b12-11+. The maximum absolute atomic E-state index is 12.8. The van der Waals surface area contributed by atoms with Crippen molar-refractivity contribution in [2.75, 3.05) is 23.7 Å². The largest absolute Gasteiger partial charge is 0.339 e. The minimum absolute atomic E-state index is 0.0412. The van der Waals surface area contributed by atoms with Crippen LogP contribution in [-0.2, 0) is 14.4 Å². The Balaban J connectivity index is 1.27. The highest BCUT2D eigenvalue weighted by Gasteiger charge is 2.26. The molecule has 0 bridgehead atoms. The number of rotatable bonds is 7. The van der Waals surface area contributed by atoms with E-state index in [2.05, 4.69) is 15.7 Å². The van der Waals surface area contributed by atoms with Gasteiger partial charge in [0.05, 0.1) is 0 Å². The molecule has 1 aromatic heterocycles. The maximum atomic E-state index is 12.8. The summed E-state index contributed by atoms with van der Waals surface area (Å²) in [6.45, 7) is 2.84. The van der Waals surface area contributed by atoms with Gasteiger partial charge in [0.1, 0.15) is 6.04 Å². The lowest BCUT2D eigenvalue weighted by atomic mass is 9.95. The molecular weight excluding hydrogens is 442 g/mol. The SMILES string of the molecule is CC(C(=O)Nc1cccc(NC(=O)C2CCN(C(=O)/C=C/c3ccccc3)CC2)c1)n1cccn1. The predicted octanol–water partition coefficient (Wildman–Crippen LogP) is 3.97. The van der Waals surface area contributed by atoms with Crippen LogP contribution >= 0.6 is 0 Å². The summed E-state index contributed by atoms with van der Waals surface area (Å²) in [5.41, 5.74) is 2.19. The van der Waals surface area contributed by atoms with Crippen molar-refractivity contribution < 1.29 is 14.4 Å². The van der Waals surface area contributed by atoms with Crippen LogP contribution in [0.15, 0.2) is 79.1 Å². The number of hydrogen-bond donors (Lipinski definition) is 2. The molecule has 180 valence electrons. The second-order valence-corrected chi connectivity index (χ2v) is 8.56. The normalized spacial score (nSPS) is 15.1. The summed E-state index contributed by atoms with van der Waals surface area (Å²) < 4.78 is 1.58. The summed E-state index contributed by atoms with van der Waals surface area (Å²) in [5.74, 6) is -0.489. The van der Waals surface area contributed by atoms with E-state index >= 15 is 0 Å². The quantitative estimate of drug-likeness (QED) is 0.510. The zero-order chi connectivity index (χ0) is 24.6. The number of carbonyl (C=O) groups excluding carboxylic acids is 3. The Morgan fingerprint density at radius 3 is 2.37 bits per heavy atom. The summed E-state index contributed by atoms with van der Waals surface area (Å²) in [5, 5.41) is 9.91. The van der Waals surface area contributed by atoms with Gasteiger partial charge in [0.15, 0.2) is 0 Å². The Bertz CT molecular complexity index is 1180. The van der Waals surface area contributed by atoms with Gasteiger partial charge in [0, 0.05) is 48.9 Å². The molecule has 8 nitrogen and oxygen atoms in total. The summed E-state index contributed by atoms with van der Waals surface area (Å²) in [4.78, 5) is 39.6. The summed E-state index contributed by atoms with van der Waals surface area (Å²) in [6.07, 6.45) is 7.97. The maximum Gasteiger partial charge on any atom is 0.248 e. The fourth-order valence-electron chi connectivity index (χ4n) is 3.99. The van der Waals surface area contributed by atoms with Crippen LogP contribution in [0.3, 0.4) is 0 Å². The molecule has 2 N–H and O–H groups in total. The molecule has 1 unspecified atom stereocenters. The number of benzene rings is 2. The van der Waals surface area contributed by atoms with Crippen LogP contribution < -0.4 is 10.6 Å². The lowest BCUT2D eigenvalue weighted by Gasteiger charge is -2.30. The monoisotopic (exact) mass is 471 g/mol. The smallest absolute Gasteiger partial charge is 0.248 e. The molecule has 0 saturated carbocycles. The van der Waals surface area contributed by atoms with Gasteiger partial charge in [0.2, 0.25) is 17.7 Å². The molecule has 2 aromatic carbocycles. The van der Waals surface area contributed by atoms with Crippen molar-refractivity contribution in [1.29, 1.82) is 0 Å². The van der Waals surface area contributed by atoms with E-state index < -0.39 is 6.04 Å². The first-order valence-corrected chi connectivity index (χ1v) is 11.7. The van der Waals surface area contributed by atoms with E-state index in [1.165, 1.54) is 0 Å². The van der Waals surface area contributed by atoms with Gasteiger partial charge in [0.25, 0.3) is 0 Å². The highest BCUT2D eigenvalue weighted by Crippen LogP contribution is 2.22. The molecule has 1 aliphatic heterocycles. The number of likely N-dealkylation sites (tertiary alicyclic amines) is 1. The van der Waals surface area contributed by atoms with E-state index in [9.17, 15) is 14.4 Å². The minimum Gasteiger partial charge on any atom is -0.339 e. The Kier molecular flexibility index (Phi) is 7.72. The lowest BCUT2D eigenvalue weighted by molar-refractivity contribution is -0.130. The van der Waals surface area contributed by atoms with Crippen molar-refractivity contribution in [3.05, 3.63) is 84.7 Å². The van der Waals surface area contributed by atoms with E-state index in [-0.39, 0.29) is 23.6 Å². The number of anilines is 2. The van der Waals surface area contributed by atoms with Crippen molar-refractivity contribution in [3.8, 4) is 0 Å². The Labute approximate surface area is 204 Å². The highest BCUT2D eigenvalue weighted by atomic mass is 16.2. The van der Waals surface area contributed by atoms with Gasteiger partial charge in [-0.05, 0) is 55.7 Å². The molecule has 0 aliphatic carbocycles. The first-order valence-electron chi connectivity index (χ1n) is 11.7. The first-order chi connectivity index (χ1) is 17.0. The number of amides is 3. The highest BCUT2D eigenvalue weighted by molar-refractivity contribution is 5.96. The van der Waals surface area contributed by atoms with Crippen molar-refractivity contribution in [2.45, 2.75) is 25.8 Å². The number of hydrogen-bond acceptors (Lipinski definition) is 4. The van der Waals surface area contributed by atoms with Crippen molar-refractivity contribution in [1.82, 2.24) is 14.7 Å². The number of carbonyl (C=O) groups is 3. The van der Waals surface area contributed by atoms with Crippen LogP contribution in [-0.4, -0.2) is 45.5 Å². The minimum atomic E-state index is -0.460. The van der Waals surface area contributed by atoms with Crippen molar-refractivity contribution in [3.63, 3.8) is 0 Å². The molecule has 1 saturated heterocycles. The molecule has 1 atom stereocenters. The predicted molar refractivity (Wildman–Crippen MR) is 135 cm³/mol. The lowest BCUT2D eigenvalue weighted by Crippen LogP contribution is -2.40. The Morgan fingerprint density at radius 2 is 1.69 bits per heavy atom. The second kappa shape index (κ2) is 11.3. The third-order valence-corrected chi connectivity index (χ3v) is 6.09. The van der Waals surface area contributed by atoms with Crippen LogP contribution in [0.4, 0.5) is 11.4 Å². The molecule has 8 heteroatoms. The molecule has 4 rings (SSSR count). The third kappa shape index (κ3) is 6.44. The average Bonchev–Trinajstić information content (AvgIpc) is 3.43. The van der Waals surface area contributed by atoms with E-state index in [4.69, 9.17) is 0 Å². The number of nitrogens with one attached hydrogen (secondary N) is 2. The van der Waals surface area contributed by atoms with Crippen LogP contribution in [0.25, 0.3) is 6.08 Å². The molecule has 1 fully saturated rings. The zero-order valence-corrected chi connectivity index (χ0v) is 19.6. The van der Waals surface area contributed by atoms with Crippen molar-refractivity contribution in [2.24, 2.45) is 5.92 Å². The number of piperidine rings is 1. The summed E-state index contributed by atoms with van der Waals surface area (Å²) >= 11 is 0. The van der Waals surface area contributed by atoms with Crippen LogP contribution in [0.1, 0.15) is 31.4 Å². The zero-order valence-electron chi connectivity index (χ0n) is 19.6. The van der Waals surface area contributed by atoms with Gasteiger partial charge in [-0.3, -0.25) is 19.1 Å². The molecule has 0 spiro atoms. The van der Waals surface area contributed by atoms with E-state index in [0.29, 0.717) is 37.3 Å². The van der Waals surface area contributed by atoms with Crippen LogP contribution in [0.5, 0.6) is 0 Å². The van der Waals surface area contributed by atoms with Gasteiger partial charge in [-0.1, -0.05) is 36.4 Å². The molecule has 1 aliphatic rings. The van der Waals surface area contributed by atoms with Gasteiger partial charge in [-0.15, -0.1) is 0 Å². The summed E-state index contributed by atoms with van der Waals surface area (Å²) in [6, 6.07) is 18.1. The third-order valence-electron chi connectivity index (χ3n) is 6.09. The molecule has 0 radical (unpaired) electrons. The second-order valence-electron chi connectivity index (χ2n) is 8.56. The summed E-state index contributed by atoms with van der Waals surface area (Å²) in [7, 11) is 0. The average molecular weight is 472 g/mol. The molecule has 2 heterocycles. The fraction of sp³-hybridized carbons (Fsp3) is 0.259. The number of aromatic nitrogens is 2. The van der Waals surface area contributed by atoms with Crippen LogP contribution in [0.2, 0.25) is 0 Å². The van der Waals surface area contributed by atoms with Crippen LogP contribution in [0, 0.1) is 5.92 Å².